The van der Waals surface area contributed by atoms with Crippen LogP contribution in [0, 0.1) is 5.92 Å². The zero-order chi connectivity index (χ0) is 10.7. The van der Waals surface area contributed by atoms with Gasteiger partial charge in [0, 0.05) is 19.1 Å². The fourth-order valence-electron chi connectivity index (χ4n) is 2.32. The molecule has 0 bridgehead atoms. The highest BCUT2D eigenvalue weighted by Gasteiger charge is 2.29. The van der Waals surface area contributed by atoms with Crippen molar-refractivity contribution in [2.45, 2.75) is 44.8 Å². The summed E-state index contributed by atoms with van der Waals surface area (Å²) in [4.78, 5) is 2.51. The Bertz CT molecular complexity index is 194. The third-order valence-corrected chi connectivity index (χ3v) is 3.68. The average molecular weight is 212 g/mol. The fourth-order valence-corrected chi connectivity index (χ4v) is 2.32. The number of rotatable bonds is 5. The summed E-state index contributed by atoms with van der Waals surface area (Å²) in [7, 11) is 0. The van der Waals surface area contributed by atoms with Crippen molar-refractivity contribution in [3.05, 3.63) is 0 Å². The van der Waals surface area contributed by atoms with E-state index < -0.39 is 0 Å². The Labute approximate surface area is 93.0 Å². The molecule has 3 nitrogen and oxygen atoms in total. The molecule has 1 saturated carbocycles. The summed E-state index contributed by atoms with van der Waals surface area (Å²) < 4.78 is 5.65. The van der Waals surface area contributed by atoms with E-state index in [1.807, 2.05) is 0 Å². The first-order valence-electron chi connectivity index (χ1n) is 6.39. The second kappa shape index (κ2) is 5.28. The molecule has 1 saturated heterocycles. The fraction of sp³-hybridized carbons (Fsp3) is 1.00. The highest BCUT2D eigenvalue weighted by atomic mass is 16.5. The van der Waals surface area contributed by atoms with Crippen LogP contribution in [0.4, 0.5) is 0 Å². The Hall–Kier alpha value is -0.120. The number of hydrogen-bond acceptors (Lipinski definition) is 3. The van der Waals surface area contributed by atoms with Gasteiger partial charge in [-0.2, -0.15) is 0 Å². The Morgan fingerprint density at radius 1 is 1.47 bits per heavy atom. The number of ether oxygens (including phenoxy) is 1. The summed E-state index contributed by atoms with van der Waals surface area (Å²) in [5.41, 5.74) is 6.11. The molecule has 2 unspecified atom stereocenters. The van der Waals surface area contributed by atoms with Crippen LogP contribution in [0.1, 0.15) is 32.6 Å². The first-order chi connectivity index (χ1) is 7.29. The van der Waals surface area contributed by atoms with Crippen molar-refractivity contribution in [1.29, 1.82) is 0 Å². The van der Waals surface area contributed by atoms with Crippen LogP contribution >= 0.6 is 0 Å². The number of nitrogens with two attached hydrogens (primary N) is 1. The summed E-state index contributed by atoms with van der Waals surface area (Å²) >= 11 is 0. The van der Waals surface area contributed by atoms with Gasteiger partial charge >= 0.3 is 0 Å². The second-order valence-electron chi connectivity index (χ2n) is 4.99. The number of hydrogen-bond donors (Lipinski definition) is 1. The summed E-state index contributed by atoms with van der Waals surface area (Å²) in [5, 5.41) is 0. The summed E-state index contributed by atoms with van der Waals surface area (Å²) in [6.07, 6.45) is 5.48. The molecule has 15 heavy (non-hydrogen) atoms. The molecule has 0 amide bonds. The zero-order valence-corrected chi connectivity index (χ0v) is 9.82. The van der Waals surface area contributed by atoms with Gasteiger partial charge in [-0.1, -0.05) is 6.92 Å². The van der Waals surface area contributed by atoms with Gasteiger partial charge in [0.05, 0.1) is 12.7 Å². The van der Waals surface area contributed by atoms with Crippen molar-refractivity contribution in [3.63, 3.8) is 0 Å². The van der Waals surface area contributed by atoms with E-state index >= 15 is 0 Å². The molecule has 1 aliphatic heterocycles. The lowest BCUT2D eigenvalue weighted by Crippen LogP contribution is -2.43. The van der Waals surface area contributed by atoms with E-state index in [0.29, 0.717) is 12.1 Å². The molecule has 2 aliphatic rings. The van der Waals surface area contributed by atoms with Crippen LogP contribution in [0.15, 0.2) is 0 Å². The Balaban J connectivity index is 1.64. The van der Waals surface area contributed by atoms with Gasteiger partial charge in [0.1, 0.15) is 0 Å². The maximum absolute atomic E-state index is 6.11. The van der Waals surface area contributed by atoms with Gasteiger partial charge in [-0.25, -0.2) is 0 Å². The molecule has 1 aliphatic carbocycles. The maximum Gasteiger partial charge on any atom is 0.0700 e. The molecular weight excluding hydrogens is 188 g/mol. The minimum Gasteiger partial charge on any atom is -0.376 e. The minimum absolute atomic E-state index is 0.452. The topological polar surface area (TPSA) is 38.5 Å². The Morgan fingerprint density at radius 2 is 2.27 bits per heavy atom. The summed E-state index contributed by atoms with van der Waals surface area (Å²) in [6, 6.07) is 0.452. The predicted molar refractivity (Wildman–Crippen MR) is 61.8 cm³/mol. The van der Waals surface area contributed by atoms with E-state index in [0.717, 1.165) is 38.6 Å². The van der Waals surface area contributed by atoms with Crippen LogP contribution in [0.25, 0.3) is 0 Å². The van der Waals surface area contributed by atoms with Crippen molar-refractivity contribution in [1.82, 2.24) is 4.90 Å². The Morgan fingerprint density at radius 3 is 2.93 bits per heavy atom. The largest absolute Gasteiger partial charge is 0.376 e. The summed E-state index contributed by atoms with van der Waals surface area (Å²) in [6.45, 7) is 6.46. The van der Waals surface area contributed by atoms with Gasteiger partial charge in [-0.05, 0) is 38.1 Å². The van der Waals surface area contributed by atoms with Crippen LogP contribution in [-0.4, -0.2) is 43.3 Å². The molecule has 0 spiro atoms. The lowest BCUT2D eigenvalue weighted by atomic mass is 10.1. The van der Waals surface area contributed by atoms with E-state index in [-0.39, 0.29) is 0 Å². The first-order valence-corrected chi connectivity index (χ1v) is 6.39. The van der Waals surface area contributed by atoms with E-state index in [2.05, 4.69) is 11.8 Å². The highest BCUT2D eigenvalue weighted by Crippen LogP contribution is 2.32. The molecule has 88 valence electrons. The quantitative estimate of drug-likeness (QED) is 0.745. The van der Waals surface area contributed by atoms with Gasteiger partial charge in [-0.15, -0.1) is 0 Å². The second-order valence-corrected chi connectivity index (χ2v) is 4.99. The third-order valence-electron chi connectivity index (χ3n) is 3.68. The van der Waals surface area contributed by atoms with E-state index in [4.69, 9.17) is 10.5 Å². The maximum atomic E-state index is 6.11. The van der Waals surface area contributed by atoms with Crippen LogP contribution < -0.4 is 5.73 Å². The highest BCUT2D eigenvalue weighted by molar-refractivity contribution is 4.84. The van der Waals surface area contributed by atoms with Gasteiger partial charge in [0.2, 0.25) is 0 Å². The van der Waals surface area contributed by atoms with Crippen LogP contribution in [-0.2, 0) is 4.74 Å². The molecule has 0 aromatic heterocycles. The van der Waals surface area contributed by atoms with Gasteiger partial charge in [0.15, 0.2) is 0 Å². The standard InChI is InChI=1S/C12H24N2O/c1-2-11-9-14(7-8-15-11)6-5-12(13)10-3-4-10/h10-12H,2-9,13H2,1H3. The molecule has 1 heterocycles. The van der Waals surface area contributed by atoms with Crippen LogP contribution in [0.5, 0.6) is 0 Å². The molecule has 2 N–H and O–H groups in total. The molecule has 2 fully saturated rings. The van der Waals surface area contributed by atoms with Crippen LogP contribution in [0.2, 0.25) is 0 Å². The lowest BCUT2D eigenvalue weighted by Gasteiger charge is -2.33. The van der Waals surface area contributed by atoms with E-state index in [1.54, 1.807) is 0 Å². The van der Waals surface area contributed by atoms with E-state index in [9.17, 15) is 0 Å². The monoisotopic (exact) mass is 212 g/mol. The predicted octanol–water partition coefficient (Wildman–Crippen LogP) is 1.22. The van der Waals surface area contributed by atoms with Crippen LogP contribution in [0.3, 0.4) is 0 Å². The number of nitrogens with zero attached hydrogens (tertiary/aromatic N) is 1. The molecular formula is C12H24N2O. The lowest BCUT2D eigenvalue weighted by molar-refractivity contribution is -0.0303. The molecule has 3 heteroatoms. The molecule has 0 radical (unpaired) electrons. The first kappa shape index (κ1) is 11.4. The SMILES string of the molecule is CCC1CN(CCC(N)C2CC2)CCO1. The third kappa shape index (κ3) is 3.44. The average Bonchev–Trinajstić information content (AvgIpc) is 3.10. The summed E-state index contributed by atoms with van der Waals surface area (Å²) in [5.74, 6) is 0.841. The molecule has 2 rings (SSSR count). The molecule has 0 aromatic carbocycles. The molecule has 2 atom stereocenters. The van der Waals surface area contributed by atoms with Gasteiger partial charge in [-0.3, -0.25) is 4.90 Å². The van der Waals surface area contributed by atoms with Gasteiger partial charge < -0.3 is 10.5 Å². The van der Waals surface area contributed by atoms with Crippen molar-refractivity contribution in [2.75, 3.05) is 26.2 Å². The number of morpholine rings is 1. The zero-order valence-electron chi connectivity index (χ0n) is 9.82. The minimum atomic E-state index is 0.452. The molecule has 0 aromatic rings. The van der Waals surface area contributed by atoms with Crippen molar-refractivity contribution in [2.24, 2.45) is 11.7 Å². The van der Waals surface area contributed by atoms with Gasteiger partial charge in [0.25, 0.3) is 0 Å². The van der Waals surface area contributed by atoms with Crippen molar-refractivity contribution < 1.29 is 4.74 Å². The Kier molecular flexibility index (Phi) is 4.00. The van der Waals surface area contributed by atoms with Crippen molar-refractivity contribution in [3.8, 4) is 0 Å². The normalized spacial score (nSPS) is 30.4. The smallest absolute Gasteiger partial charge is 0.0700 e. The van der Waals surface area contributed by atoms with Crippen molar-refractivity contribution >= 4 is 0 Å². The van der Waals surface area contributed by atoms with E-state index in [1.165, 1.54) is 19.3 Å².